The molecule has 1 fully saturated rings. The second-order valence-corrected chi connectivity index (χ2v) is 6.69. The fourth-order valence-electron chi connectivity index (χ4n) is 3.19. The number of nitrogens with zero attached hydrogens (tertiary/aromatic N) is 1. The molecule has 4 heteroatoms. The van der Waals surface area contributed by atoms with E-state index in [9.17, 15) is 0 Å². The van der Waals surface area contributed by atoms with E-state index >= 15 is 0 Å². The van der Waals surface area contributed by atoms with Crippen LogP contribution in [0.3, 0.4) is 0 Å². The Labute approximate surface area is 144 Å². The minimum Gasteiger partial charge on any atom is -0.373 e. The van der Waals surface area contributed by atoms with E-state index in [2.05, 4.69) is 65.0 Å². The van der Waals surface area contributed by atoms with Crippen molar-refractivity contribution in [3.63, 3.8) is 0 Å². The Bertz CT molecular complexity index is 705. The van der Waals surface area contributed by atoms with Gasteiger partial charge in [-0.15, -0.1) is 0 Å². The van der Waals surface area contributed by atoms with Gasteiger partial charge in [-0.25, -0.2) is 0 Å². The molecule has 128 valence electrons. The van der Waals surface area contributed by atoms with Crippen LogP contribution in [0.25, 0.3) is 10.8 Å². The molecule has 3 rings (SSSR count). The molecule has 0 radical (unpaired) electrons. The lowest BCUT2D eigenvalue weighted by Crippen LogP contribution is -2.45. The molecule has 2 N–H and O–H groups in total. The number of hydrogen-bond acceptors (Lipinski definition) is 2. The molecule has 0 saturated carbocycles. The predicted octanol–water partition coefficient (Wildman–Crippen LogP) is 3.12. The van der Waals surface area contributed by atoms with Crippen molar-refractivity contribution < 1.29 is 4.74 Å². The predicted molar refractivity (Wildman–Crippen MR) is 101 cm³/mol. The van der Waals surface area contributed by atoms with Crippen molar-refractivity contribution >= 4 is 16.7 Å². The first-order valence-electron chi connectivity index (χ1n) is 8.75. The van der Waals surface area contributed by atoms with Crippen molar-refractivity contribution in [3.05, 3.63) is 48.0 Å². The first-order valence-corrected chi connectivity index (χ1v) is 8.75. The number of ether oxygens (including phenoxy) is 1. The summed E-state index contributed by atoms with van der Waals surface area (Å²) in [7, 11) is 1.81. The summed E-state index contributed by atoms with van der Waals surface area (Å²) in [6.45, 7) is 4.68. The lowest BCUT2D eigenvalue weighted by molar-refractivity contribution is 0.0243. The largest absolute Gasteiger partial charge is 0.373 e. The topological polar surface area (TPSA) is 45.7 Å². The molecule has 1 aliphatic heterocycles. The normalized spacial score (nSPS) is 21.2. The van der Waals surface area contributed by atoms with Crippen LogP contribution in [0.5, 0.6) is 0 Å². The number of fused-ring (bicyclic) bond motifs is 1. The Balaban J connectivity index is 1.48. The summed E-state index contributed by atoms with van der Waals surface area (Å²) in [6, 6.07) is 15.1. The van der Waals surface area contributed by atoms with Gasteiger partial charge in [-0.2, -0.15) is 0 Å². The fourth-order valence-corrected chi connectivity index (χ4v) is 3.19. The Morgan fingerprint density at radius 2 is 2.00 bits per heavy atom. The summed E-state index contributed by atoms with van der Waals surface area (Å²) >= 11 is 0. The van der Waals surface area contributed by atoms with Gasteiger partial charge in [0.1, 0.15) is 0 Å². The maximum atomic E-state index is 5.80. The number of aliphatic imine (C=N–C) groups is 1. The maximum absolute atomic E-state index is 5.80. The van der Waals surface area contributed by atoms with Crippen LogP contribution in [0.4, 0.5) is 0 Å². The highest BCUT2D eigenvalue weighted by atomic mass is 16.5. The van der Waals surface area contributed by atoms with E-state index < -0.39 is 0 Å². The number of benzene rings is 2. The number of guanidine groups is 1. The van der Waals surface area contributed by atoms with Crippen LogP contribution in [-0.4, -0.2) is 38.3 Å². The second-order valence-electron chi connectivity index (χ2n) is 6.69. The third-order valence-electron chi connectivity index (χ3n) is 4.67. The van der Waals surface area contributed by atoms with Crippen molar-refractivity contribution in [2.75, 3.05) is 26.7 Å². The van der Waals surface area contributed by atoms with Crippen LogP contribution in [-0.2, 0) is 11.2 Å². The van der Waals surface area contributed by atoms with Gasteiger partial charge in [0.05, 0.1) is 5.60 Å². The highest BCUT2D eigenvalue weighted by molar-refractivity contribution is 5.83. The first kappa shape index (κ1) is 16.8. The third-order valence-corrected chi connectivity index (χ3v) is 4.67. The Morgan fingerprint density at radius 1 is 1.17 bits per heavy atom. The Morgan fingerprint density at radius 3 is 2.75 bits per heavy atom. The molecular weight excluding hydrogens is 298 g/mol. The average molecular weight is 325 g/mol. The quantitative estimate of drug-likeness (QED) is 0.656. The Kier molecular flexibility index (Phi) is 5.36. The maximum Gasteiger partial charge on any atom is 0.191 e. The van der Waals surface area contributed by atoms with Gasteiger partial charge in [0.25, 0.3) is 0 Å². The van der Waals surface area contributed by atoms with Crippen LogP contribution in [0.15, 0.2) is 47.5 Å². The zero-order valence-corrected chi connectivity index (χ0v) is 14.6. The smallest absolute Gasteiger partial charge is 0.191 e. The minimum atomic E-state index is -0.0596. The van der Waals surface area contributed by atoms with Crippen molar-refractivity contribution in [2.45, 2.75) is 31.8 Å². The van der Waals surface area contributed by atoms with Crippen LogP contribution >= 0.6 is 0 Å². The SMILES string of the molecule is CN=C(NCCc1ccc2ccccc2c1)NCC1(C)CCCO1. The van der Waals surface area contributed by atoms with E-state index in [-0.39, 0.29) is 5.60 Å². The van der Waals surface area contributed by atoms with Gasteiger partial charge in [0, 0.05) is 26.7 Å². The minimum absolute atomic E-state index is 0.0596. The van der Waals surface area contributed by atoms with Crippen LogP contribution in [0.1, 0.15) is 25.3 Å². The van der Waals surface area contributed by atoms with Crippen LogP contribution < -0.4 is 10.6 Å². The van der Waals surface area contributed by atoms with Gasteiger partial charge in [-0.1, -0.05) is 42.5 Å². The van der Waals surface area contributed by atoms with E-state index in [1.807, 2.05) is 7.05 Å². The van der Waals surface area contributed by atoms with Gasteiger partial charge in [-0.3, -0.25) is 4.99 Å². The summed E-state index contributed by atoms with van der Waals surface area (Å²) in [5.41, 5.74) is 1.28. The van der Waals surface area contributed by atoms with E-state index in [4.69, 9.17) is 4.74 Å². The molecule has 0 amide bonds. The zero-order valence-electron chi connectivity index (χ0n) is 14.6. The van der Waals surface area contributed by atoms with Crippen molar-refractivity contribution in [3.8, 4) is 0 Å². The van der Waals surface area contributed by atoms with Crippen LogP contribution in [0.2, 0.25) is 0 Å². The second kappa shape index (κ2) is 7.67. The average Bonchev–Trinajstić information content (AvgIpc) is 3.04. The Hall–Kier alpha value is -2.07. The van der Waals surface area contributed by atoms with Crippen molar-refractivity contribution in [1.29, 1.82) is 0 Å². The molecule has 24 heavy (non-hydrogen) atoms. The number of nitrogens with one attached hydrogen (secondary N) is 2. The summed E-state index contributed by atoms with van der Waals surface area (Å²) in [5, 5.41) is 9.36. The fraction of sp³-hybridized carbons (Fsp3) is 0.450. The van der Waals surface area contributed by atoms with Gasteiger partial charge in [-0.05, 0) is 42.5 Å². The first-order chi connectivity index (χ1) is 11.7. The van der Waals surface area contributed by atoms with Gasteiger partial charge in [0.15, 0.2) is 5.96 Å². The van der Waals surface area contributed by atoms with Crippen molar-refractivity contribution in [2.24, 2.45) is 4.99 Å². The van der Waals surface area contributed by atoms with E-state index in [0.29, 0.717) is 0 Å². The molecule has 1 heterocycles. The van der Waals surface area contributed by atoms with E-state index in [1.54, 1.807) is 0 Å². The molecule has 1 atom stereocenters. The van der Waals surface area contributed by atoms with Gasteiger partial charge < -0.3 is 15.4 Å². The number of hydrogen-bond donors (Lipinski definition) is 2. The molecule has 0 spiro atoms. The summed E-state index contributed by atoms with van der Waals surface area (Å²) in [6.07, 6.45) is 3.22. The number of rotatable bonds is 5. The summed E-state index contributed by atoms with van der Waals surface area (Å²) in [4.78, 5) is 4.30. The van der Waals surface area contributed by atoms with Gasteiger partial charge in [0.2, 0.25) is 0 Å². The molecule has 2 aromatic rings. The molecule has 1 saturated heterocycles. The highest BCUT2D eigenvalue weighted by Gasteiger charge is 2.29. The molecule has 2 aromatic carbocycles. The van der Waals surface area contributed by atoms with E-state index in [1.165, 1.54) is 16.3 Å². The van der Waals surface area contributed by atoms with Gasteiger partial charge >= 0.3 is 0 Å². The lowest BCUT2D eigenvalue weighted by atomic mass is 10.0. The zero-order chi connectivity index (χ0) is 16.8. The molecule has 0 aromatic heterocycles. The highest BCUT2D eigenvalue weighted by Crippen LogP contribution is 2.23. The van der Waals surface area contributed by atoms with E-state index in [0.717, 1.165) is 44.9 Å². The molecule has 1 aliphatic rings. The molecule has 0 aliphatic carbocycles. The summed E-state index contributed by atoms with van der Waals surface area (Å²) in [5.74, 6) is 0.840. The molecule has 4 nitrogen and oxygen atoms in total. The molecule has 1 unspecified atom stereocenters. The van der Waals surface area contributed by atoms with Crippen molar-refractivity contribution in [1.82, 2.24) is 10.6 Å². The molecule has 0 bridgehead atoms. The summed E-state index contributed by atoms with van der Waals surface area (Å²) < 4.78 is 5.80. The lowest BCUT2D eigenvalue weighted by Gasteiger charge is -2.24. The standard InChI is InChI=1S/C20H27N3O/c1-20(11-5-13-24-20)15-23-19(21-2)22-12-10-16-8-9-17-6-3-4-7-18(17)14-16/h3-4,6-9,14H,5,10-13,15H2,1-2H3,(H2,21,22,23). The molecular formula is C20H27N3O. The monoisotopic (exact) mass is 325 g/mol. The third kappa shape index (κ3) is 4.26. The van der Waals surface area contributed by atoms with Crippen LogP contribution in [0, 0.1) is 0 Å².